The number of hydrogen-bond acceptors (Lipinski definition) is 3. The summed E-state index contributed by atoms with van der Waals surface area (Å²) in [5, 5.41) is 3.27. The summed E-state index contributed by atoms with van der Waals surface area (Å²) in [5.74, 6) is 0.146. The number of unbranched alkanes of at least 4 members (excludes halogenated alkanes) is 1. The summed E-state index contributed by atoms with van der Waals surface area (Å²) in [6, 6.07) is 5.99. The van der Waals surface area contributed by atoms with Crippen LogP contribution in [0.25, 0.3) is 0 Å². The minimum atomic E-state index is -3.28. The summed E-state index contributed by atoms with van der Waals surface area (Å²) in [4.78, 5) is 0. The Morgan fingerprint density at radius 2 is 1.95 bits per heavy atom. The Bertz CT molecular complexity index is 530. The summed E-state index contributed by atoms with van der Waals surface area (Å²) < 4.78 is 27.3. The fourth-order valence-electron chi connectivity index (χ4n) is 1.73. The van der Waals surface area contributed by atoms with Gasteiger partial charge < -0.3 is 5.32 Å². The van der Waals surface area contributed by atoms with Crippen LogP contribution >= 0.6 is 15.9 Å². The van der Waals surface area contributed by atoms with Crippen LogP contribution in [0, 0.1) is 6.92 Å². The van der Waals surface area contributed by atoms with E-state index in [1.54, 1.807) is 6.07 Å². The van der Waals surface area contributed by atoms with Gasteiger partial charge in [0.1, 0.15) is 0 Å². The van der Waals surface area contributed by atoms with Crippen LogP contribution in [-0.4, -0.2) is 26.8 Å². The number of nitrogens with one attached hydrogen (secondary N) is 2. The molecule has 0 saturated carbocycles. The first kappa shape index (κ1) is 17.5. The third-order valence-corrected chi connectivity index (χ3v) is 4.80. The lowest BCUT2D eigenvalue weighted by molar-refractivity contribution is 0.561. The molecule has 0 heterocycles. The molecule has 0 unspecified atom stereocenters. The first-order chi connectivity index (χ1) is 9.30. The molecule has 0 aromatic heterocycles. The van der Waals surface area contributed by atoms with Gasteiger partial charge in [0.15, 0.2) is 0 Å². The minimum Gasteiger partial charge on any atom is -0.315 e. The Kier molecular flexibility index (Phi) is 6.99. The van der Waals surface area contributed by atoms with Crippen LogP contribution < -0.4 is 10.0 Å². The van der Waals surface area contributed by atoms with E-state index in [0.717, 1.165) is 23.0 Å². The van der Waals surface area contributed by atoms with Crippen molar-refractivity contribution in [2.24, 2.45) is 0 Å². The van der Waals surface area contributed by atoms with Crippen LogP contribution in [-0.2, 0) is 10.0 Å². The van der Waals surface area contributed by atoms with Crippen LogP contribution in [0.4, 0.5) is 5.69 Å². The quantitative estimate of drug-likeness (QED) is 0.697. The first-order valence-electron chi connectivity index (χ1n) is 6.80. The summed E-state index contributed by atoms with van der Waals surface area (Å²) >= 11 is 3.37. The molecule has 0 saturated heterocycles. The third kappa shape index (κ3) is 6.72. The van der Waals surface area contributed by atoms with Crippen LogP contribution in [0.5, 0.6) is 0 Å². The predicted molar refractivity (Wildman–Crippen MR) is 88.7 cm³/mol. The molecule has 1 aromatic carbocycles. The minimum absolute atomic E-state index is 0.146. The molecule has 0 fully saturated rings. The standard InChI is InChI=1S/C14H23BrN2O2S/c1-11(2)16-8-4-5-9-20(18,19)17-14-7-6-12(3)10-13(14)15/h6-7,10-11,16-17H,4-5,8-9H2,1-3H3. The van der Waals surface area contributed by atoms with E-state index in [9.17, 15) is 8.42 Å². The zero-order chi connectivity index (χ0) is 15.2. The second-order valence-electron chi connectivity index (χ2n) is 5.22. The van der Waals surface area contributed by atoms with Gasteiger partial charge in [-0.2, -0.15) is 0 Å². The molecular formula is C14H23BrN2O2S. The molecule has 0 aliphatic carbocycles. The molecule has 2 N–H and O–H groups in total. The molecule has 1 rings (SSSR count). The number of benzene rings is 1. The van der Waals surface area contributed by atoms with Crippen molar-refractivity contribution in [2.45, 2.75) is 39.7 Å². The van der Waals surface area contributed by atoms with Crippen molar-refractivity contribution < 1.29 is 8.42 Å². The van der Waals surface area contributed by atoms with Gasteiger partial charge >= 0.3 is 0 Å². The Labute approximate surface area is 130 Å². The molecule has 0 aliphatic heterocycles. The maximum absolute atomic E-state index is 12.0. The smallest absolute Gasteiger partial charge is 0.232 e. The number of sulfonamides is 1. The van der Waals surface area contributed by atoms with E-state index in [-0.39, 0.29) is 5.75 Å². The highest BCUT2D eigenvalue weighted by Gasteiger charge is 2.12. The van der Waals surface area contributed by atoms with Crippen molar-refractivity contribution >= 4 is 31.6 Å². The van der Waals surface area contributed by atoms with E-state index in [2.05, 4.69) is 39.8 Å². The van der Waals surface area contributed by atoms with Crippen molar-refractivity contribution in [1.82, 2.24) is 5.32 Å². The van der Waals surface area contributed by atoms with Gasteiger partial charge in [0.25, 0.3) is 0 Å². The summed E-state index contributed by atoms with van der Waals surface area (Å²) in [7, 11) is -3.28. The molecule has 20 heavy (non-hydrogen) atoms. The zero-order valence-electron chi connectivity index (χ0n) is 12.2. The number of aryl methyl sites for hydroxylation is 1. The lowest BCUT2D eigenvalue weighted by Gasteiger charge is -2.11. The second-order valence-corrected chi connectivity index (χ2v) is 7.92. The summed E-state index contributed by atoms with van der Waals surface area (Å²) in [6.45, 7) is 6.96. The third-order valence-electron chi connectivity index (χ3n) is 2.78. The highest BCUT2D eigenvalue weighted by Crippen LogP contribution is 2.24. The van der Waals surface area contributed by atoms with E-state index >= 15 is 0 Å². The molecule has 114 valence electrons. The monoisotopic (exact) mass is 362 g/mol. The second kappa shape index (κ2) is 8.00. The fraction of sp³-hybridized carbons (Fsp3) is 0.571. The van der Waals surface area contributed by atoms with E-state index in [1.165, 1.54) is 0 Å². The van der Waals surface area contributed by atoms with E-state index in [4.69, 9.17) is 0 Å². The van der Waals surface area contributed by atoms with E-state index in [0.29, 0.717) is 18.2 Å². The average molecular weight is 363 g/mol. The van der Waals surface area contributed by atoms with Gasteiger partial charge in [0, 0.05) is 10.5 Å². The molecule has 6 heteroatoms. The summed E-state index contributed by atoms with van der Waals surface area (Å²) in [5.41, 5.74) is 1.68. The van der Waals surface area contributed by atoms with Gasteiger partial charge in [-0.25, -0.2) is 8.42 Å². The Balaban J connectivity index is 2.45. The van der Waals surface area contributed by atoms with Crippen LogP contribution in [0.1, 0.15) is 32.3 Å². The molecule has 0 spiro atoms. The largest absolute Gasteiger partial charge is 0.315 e. The van der Waals surface area contributed by atoms with Crippen LogP contribution in [0.15, 0.2) is 22.7 Å². The molecule has 1 aromatic rings. The lowest BCUT2D eigenvalue weighted by Crippen LogP contribution is -2.24. The fourth-order valence-corrected chi connectivity index (χ4v) is 3.65. The van der Waals surface area contributed by atoms with Crippen LogP contribution in [0.3, 0.4) is 0 Å². The predicted octanol–water partition coefficient (Wildman–Crippen LogP) is 3.28. The lowest BCUT2D eigenvalue weighted by atomic mass is 10.2. The molecule has 0 bridgehead atoms. The van der Waals surface area contributed by atoms with E-state index < -0.39 is 10.0 Å². The first-order valence-corrected chi connectivity index (χ1v) is 9.25. The molecule has 0 atom stereocenters. The molecular weight excluding hydrogens is 340 g/mol. The normalized spacial score (nSPS) is 11.8. The van der Waals surface area contributed by atoms with Crippen molar-refractivity contribution in [1.29, 1.82) is 0 Å². The maximum Gasteiger partial charge on any atom is 0.232 e. The molecule has 0 radical (unpaired) electrons. The number of halogens is 1. The van der Waals surface area contributed by atoms with Gasteiger partial charge in [0.2, 0.25) is 10.0 Å². The average Bonchev–Trinajstić information content (AvgIpc) is 2.32. The highest BCUT2D eigenvalue weighted by atomic mass is 79.9. The van der Waals surface area contributed by atoms with Gasteiger partial charge in [-0.1, -0.05) is 19.9 Å². The molecule has 0 aliphatic rings. The SMILES string of the molecule is Cc1ccc(NS(=O)(=O)CCCCNC(C)C)c(Br)c1. The zero-order valence-corrected chi connectivity index (χ0v) is 14.6. The Hall–Kier alpha value is -0.590. The molecule has 4 nitrogen and oxygen atoms in total. The Morgan fingerprint density at radius 1 is 1.25 bits per heavy atom. The van der Waals surface area contributed by atoms with E-state index in [1.807, 2.05) is 19.1 Å². The van der Waals surface area contributed by atoms with Crippen LogP contribution in [0.2, 0.25) is 0 Å². The topological polar surface area (TPSA) is 58.2 Å². The van der Waals surface area contributed by atoms with Gasteiger partial charge in [-0.05, 0) is 59.9 Å². The molecule has 0 amide bonds. The van der Waals surface area contributed by atoms with Crippen molar-refractivity contribution in [3.05, 3.63) is 28.2 Å². The van der Waals surface area contributed by atoms with Crippen molar-refractivity contribution in [3.63, 3.8) is 0 Å². The van der Waals surface area contributed by atoms with Gasteiger partial charge in [0.05, 0.1) is 11.4 Å². The maximum atomic E-state index is 12.0. The highest BCUT2D eigenvalue weighted by molar-refractivity contribution is 9.10. The van der Waals surface area contributed by atoms with Crippen molar-refractivity contribution in [3.8, 4) is 0 Å². The number of hydrogen-bond donors (Lipinski definition) is 2. The van der Waals surface area contributed by atoms with Gasteiger partial charge in [-0.15, -0.1) is 0 Å². The van der Waals surface area contributed by atoms with Gasteiger partial charge in [-0.3, -0.25) is 4.72 Å². The summed E-state index contributed by atoms with van der Waals surface area (Å²) in [6.07, 6.45) is 1.51. The Morgan fingerprint density at radius 3 is 2.55 bits per heavy atom. The van der Waals surface area contributed by atoms with Crippen molar-refractivity contribution in [2.75, 3.05) is 17.0 Å². The number of rotatable bonds is 8. The number of anilines is 1.